The van der Waals surface area contributed by atoms with Crippen LogP contribution in [0.25, 0.3) is 21.9 Å². The maximum atomic E-state index is 13.2. The quantitative estimate of drug-likeness (QED) is 0.236. The molecule has 0 radical (unpaired) electrons. The molecule has 1 atom stereocenters. The molecule has 8 heteroatoms. The third-order valence-electron chi connectivity index (χ3n) is 7.10. The Balaban J connectivity index is 1.35. The molecule has 7 nitrogen and oxygen atoms in total. The predicted molar refractivity (Wildman–Crippen MR) is 159 cm³/mol. The molecule has 0 aliphatic carbocycles. The van der Waals surface area contributed by atoms with Crippen molar-refractivity contribution < 1.29 is 23.4 Å². The van der Waals surface area contributed by atoms with Gasteiger partial charge >= 0.3 is 5.97 Å². The highest BCUT2D eigenvalue weighted by Gasteiger charge is 2.25. The Hall–Kier alpha value is -3.56. The first-order valence-electron chi connectivity index (χ1n) is 13.2. The zero-order chi connectivity index (χ0) is 29.1. The van der Waals surface area contributed by atoms with Crippen LogP contribution in [0.1, 0.15) is 35.3 Å². The largest absolute Gasteiger partial charge is 0.478 e. The number of aliphatic hydroxyl groups excluding tert-OH is 1. The number of nitrogens with one attached hydrogen (secondary N) is 1. The summed E-state index contributed by atoms with van der Waals surface area (Å²) in [6, 6.07) is 26.1. The van der Waals surface area contributed by atoms with Gasteiger partial charge in [0.1, 0.15) is 0 Å². The molecule has 0 saturated heterocycles. The number of carbonyl (C=O) groups is 1. The average Bonchev–Trinajstić information content (AvgIpc) is 2.91. The summed E-state index contributed by atoms with van der Waals surface area (Å²) in [5, 5.41) is 25.7. The summed E-state index contributed by atoms with van der Waals surface area (Å²) >= 11 is 0. The molecule has 0 aliphatic rings. The van der Waals surface area contributed by atoms with Crippen molar-refractivity contribution in [2.24, 2.45) is 0 Å². The number of β-amino-alcohol motifs (C(OH)–C–C–N with tert-alkyl or cyclic N) is 1. The highest BCUT2D eigenvalue weighted by Crippen LogP contribution is 2.25. The molecular weight excluding hydrogens is 524 g/mol. The number of sulfonamides is 1. The molecule has 0 fully saturated rings. The smallest absolute Gasteiger partial charge is 0.335 e. The average molecular weight is 561 g/mol. The van der Waals surface area contributed by atoms with Crippen molar-refractivity contribution in [3.63, 3.8) is 0 Å². The summed E-state index contributed by atoms with van der Waals surface area (Å²) in [6.45, 7) is 6.04. The number of aryl methyl sites for hydroxylation is 1. The van der Waals surface area contributed by atoms with E-state index >= 15 is 0 Å². The lowest BCUT2D eigenvalue weighted by Gasteiger charge is -2.29. The number of benzene rings is 4. The van der Waals surface area contributed by atoms with Crippen molar-refractivity contribution in [1.82, 2.24) is 9.62 Å². The van der Waals surface area contributed by atoms with Crippen molar-refractivity contribution in [1.29, 1.82) is 0 Å². The first kappa shape index (κ1) is 29.4. The Kier molecular flexibility index (Phi) is 8.75. The van der Waals surface area contributed by atoms with Crippen LogP contribution in [0.2, 0.25) is 0 Å². The first-order valence-corrected chi connectivity index (χ1v) is 14.6. The second-order valence-corrected chi connectivity index (χ2v) is 13.0. The lowest BCUT2D eigenvalue weighted by atomic mass is 9.93. The molecule has 4 rings (SSSR count). The number of aliphatic hydroxyl groups is 1. The third-order valence-corrected chi connectivity index (χ3v) is 8.93. The Bertz CT molecular complexity index is 1610. The van der Waals surface area contributed by atoms with Gasteiger partial charge < -0.3 is 15.5 Å². The van der Waals surface area contributed by atoms with Gasteiger partial charge in [0.15, 0.2) is 0 Å². The van der Waals surface area contributed by atoms with E-state index in [1.165, 1.54) is 35.5 Å². The van der Waals surface area contributed by atoms with E-state index < -0.39 is 22.1 Å². The number of likely N-dealkylation sites (N-methyl/N-ethyl adjacent to an activating group) is 1. The molecule has 0 unspecified atom stereocenters. The van der Waals surface area contributed by atoms with Crippen LogP contribution in [-0.2, 0) is 16.4 Å². The highest BCUT2D eigenvalue weighted by atomic mass is 32.2. The van der Waals surface area contributed by atoms with E-state index in [2.05, 4.69) is 49.5 Å². The van der Waals surface area contributed by atoms with Gasteiger partial charge in [-0.3, -0.25) is 0 Å². The fourth-order valence-electron chi connectivity index (χ4n) is 4.86. The monoisotopic (exact) mass is 560 g/mol. The Morgan fingerprint density at radius 1 is 0.925 bits per heavy atom. The molecule has 0 amide bonds. The minimum atomic E-state index is -3.81. The molecule has 0 heterocycles. The van der Waals surface area contributed by atoms with Gasteiger partial charge in [0, 0.05) is 25.7 Å². The molecular formula is C32H36N2O5S. The van der Waals surface area contributed by atoms with Gasteiger partial charge in [0.2, 0.25) is 10.0 Å². The van der Waals surface area contributed by atoms with Gasteiger partial charge in [0.05, 0.1) is 16.6 Å². The summed E-state index contributed by atoms with van der Waals surface area (Å²) in [5.74, 6) is -0.987. The number of aromatic carboxylic acids is 1. The Morgan fingerprint density at radius 3 is 2.23 bits per heavy atom. The number of hydrogen-bond donors (Lipinski definition) is 3. The van der Waals surface area contributed by atoms with Gasteiger partial charge in [-0.05, 0) is 78.4 Å². The summed E-state index contributed by atoms with van der Waals surface area (Å²) in [7, 11) is -2.36. The van der Waals surface area contributed by atoms with E-state index in [1.807, 2.05) is 12.1 Å². The van der Waals surface area contributed by atoms with Crippen LogP contribution in [0.5, 0.6) is 0 Å². The van der Waals surface area contributed by atoms with Crippen LogP contribution in [0.3, 0.4) is 0 Å². The van der Waals surface area contributed by atoms with E-state index in [4.69, 9.17) is 0 Å². The zero-order valence-corrected chi connectivity index (χ0v) is 24.1. The molecule has 40 heavy (non-hydrogen) atoms. The molecule has 0 bridgehead atoms. The van der Waals surface area contributed by atoms with Crippen LogP contribution in [-0.4, -0.2) is 60.7 Å². The lowest BCUT2D eigenvalue weighted by molar-refractivity contribution is 0.0696. The Labute approximate surface area is 236 Å². The number of fused-ring (bicyclic) bond motifs is 1. The van der Waals surface area contributed by atoms with Crippen LogP contribution in [0, 0.1) is 6.92 Å². The molecule has 3 N–H and O–H groups in total. The highest BCUT2D eigenvalue weighted by molar-refractivity contribution is 7.89. The van der Waals surface area contributed by atoms with E-state index in [0.29, 0.717) is 5.56 Å². The van der Waals surface area contributed by atoms with Crippen molar-refractivity contribution in [3.8, 4) is 11.1 Å². The number of hydrogen-bond acceptors (Lipinski definition) is 5. The maximum Gasteiger partial charge on any atom is 0.335 e. The van der Waals surface area contributed by atoms with Crippen LogP contribution < -0.4 is 5.32 Å². The number of carboxylic acids is 1. The van der Waals surface area contributed by atoms with Crippen LogP contribution in [0.4, 0.5) is 0 Å². The summed E-state index contributed by atoms with van der Waals surface area (Å²) in [4.78, 5) is 11.4. The van der Waals surface area contributed by atoms with Crippen molar-refractivity contribution >= 4 is 26.8 Å². The molecule has 0 aliphatic heterocycles. The van der Waals surface area contributed by atoms with E-state index in [-0.39, 0.29) is 29.1 Å². The first-order chi connectivity index (χ1) is 18.9. The fourth-order valence-corrected chi connectivity index (χ4v) is 6.07. The molecule has 4 aromatic carbocycles. The van der Waals surface area contributed by atoms with Crippen LogP contribution in [0.15, 0.2) is 89.8 Å². The Morgan fingerprint density at radius 2 is 1.57 bits per heavy atom. The van der Waals surface area contributed by atoms with Gasteiger partial charge in [-0.15, -0.1) is 0 Å². The fraction of sp³-hybridized carbons (Fsp3) is 0.281. The van der Waals surface area contributed by atoms with Gasteiger partial charge in [-0.1, -0.05) is 66.7 Å². The second-order valence-electron chi connectivity index (χ2n) is 10.9. The number of rotatable bonds is 11. The predicted octanol–water partition coefficient (Wildman–Crippen LogP) is 5.11. The minimum Gasteiger partial charge on any atom is -0.478 e. The minimum absolute atomic E-state index is 0.0566. The van der Waals surface area contributed by atoms with Gasteiger partial charge in [-0.25, -0.2) is 13.2 Å². The van der Waals surface area contributed by atoms with E-state index in [1.54, 1.807) is 37.3 Å². The van der Waals surface area contributed by atoms with Crippen molar-refractivity contribution in [2.75, 3.05) is 20.1 Å². The summed E-state index contributed by atoms with van der Waals surface area (Å²) in [5.41, 5.74) is 3.31. The standard InChI is InChI=1S/C32H36N2O5S/c1-22-17-27(13-16-30(22)31(36)37)25-11-14-29(15-12-25)40(38,39)34(4)21-28(35)20-33-32(2,3)19-23-9-10-24-7-5-6-8-26(24)18-23/h5-18,28,33,35H,19-21H2,1-4H3,(H,36,37)/t28-/m1/s1. The lowest BCUT2D eigenvalue weighted by Crippen LogP contribution is -2.47. The van der Waals surface area contributed by atoms with E-state index in [0.717, 1.165) is 21.9 Å². The van der Waals surface area contributed by atoms with Gasteiger partial charge in [-0.2, -0.15) is 4.31 Å². The molecule has 0 saturated carbocycles. The molecule has 210 valence electrons. The van der Waals surface area contributed by atoms with E-state index in [9.17, 15) is 23.4 Å². The number of nitrogens with zero attached hydrogens (tertiary/aromatic N) is 1. The second kappa shape index (κ2) is 11.9. The summed E-state index contributed by atoms with van der Waals surface area (Å²) < 4.78 is 27.5. The van der Waals surface area contributed by atoms with Crippen LogP contribution >= 0.6 is 0 Å². The summed E-state index contributed by atoms with van der Waals surface area (Å²) in [6.07, 6.45) is -0.144. The molecule has 4 aromatic rings. The maximum absolute atomic E-state index is 13.2. The third kappa shape index (κ3) is 6.95. The molecule has 0 spiro atoms. The topological polar surface area (TPSA) is 107 Å². The molecule has 0 aromatic heterocycles. The zero-order valence-electron chi connectivity index (χ0n) is 23.3. The number of carboxylic acid groups (broad SMARTS) is 1. The normalized spacial score (nSPS) is 13.1. The SMILES string of the molecule is Cc1cc(-c2ccc(S(=O)(=O)N(C)C[C@H](O)CNC(C)(C)Cc3ccc4ccccc4c3)cc2)ccc1C(=O)O. The van der Waals surface area contributed by atoms with Gasteiger partial charge in [0.25, 0.3) is 0 Å². The van der Waals surface area contributed by atoms with Crippen molar-refractivity contribution in [2.45, 2.75) is 43.7 Å². The van der Waals surface area contributed by atoms with Crippen molar-refractivity contribution in [3.05, 3.63) is 102 Å².